The van der Waals surface area contributed by atoms with Gasteiger partial charge in [0, 0.05) is 29.9 Å². The first-order valence-electron chi connectivity index (χ1n) is 13.9. The molecule has 0 aromatic heterocycles. The maximum Gasteiger partial charge on any atom is 0.289 e. The van der Waals surface area contributed by atoms with E-state index in [4.69, 9.17) is 11.6 Å². The molecule has 11 heteroatoms. The molecule has 3 unspecified atom stereocenters. The zero-order valence-electron chi connectivity index (χ0n) is 23.6. The van der Waals surface area contributed by atoms with Gasteiger partial charge in [-0.3, -0.25) is 24.0 Å². The number of halogens is 2. The summed E-state index contributed by atoms with van der Waals surface area (Å²) in [6.45, 7) is 8.03. The standard InChI is InChI=1S/C29H40ClFN4O5/c1-5-16(20-9-6-18(30)14-21(20)31)13-24(36)34-23(15-29(2,3)4)27(39)35-22(12-17-10-11-32-26(17)38)25(37)28(40)33-19-7-8-19/h6,9,14,16-17,19,22-23H,5,7-8,10-13,15H2,1-4H3,(H,32,38)(H,33,40)(H,34,36)(H,35,39)/t16?,17?,22?,23-/m0/s1. The lowest BCUT2D eigenvalue weighted by Crippen LogP contribution is -2.55. The molecular weight excluding hydrogens is 539 g/mol. The lowest BCUT2D eigenvalue weighted by atomic mass is 9.87. The van der Waals surface area contributed by atoms with E-state index in [1.807, 2.05) is 27.7 Å². The zero-order chi connectivity index (χ0) is 29.6. The van der Waals surface area contributed by atoms with Crippen molar-refractivity contribution in [2.75, 3.05) is 6.54 Å². The fraction of sp³-hybridized carbons (Fsp3) is 0.621. The van der Waals surface area contributed by atoms with E-state index in [9.17, 15) is 28.4 Å². The van der Waals surface area contributed by atoms with Gasteiger partial charge in [0.2, 0.25) is 23.5 Å². The molecule has 1 aromatic carbocycles. The molecule has 1 aromatic rings. The third-order valence-electron chi connectivity index (χ3n) is 7.25. The number of nitrogens with one attached hydrogen (secondary N) is 4. The van der Waals surface area contributed by atoms with Crippen LogP contribution in [-0.2, 0) is 24.0 Å². The Balaban J connectivity index is 1.75. The van der Waals surface area contributed by atoms with Crippen molar-refractivity contribution in [1.82, 2.24) is 21.3 Å². The van der Waals surface area contributed by atoms with Crippen LogP contribution in [0.5, 0.6) is 0 Å². The summed E-state index contributed by atoms with van der Waals surface area (Å²) >= 11 is 5.87. The summed E-state index contributed by atoms with van der Waals surface area (Å²) in [7, 11) is 0. The normalized spacial score (nSPS) is 19.2. The van der Waals surface area contributed by atoms with Gasteiger partial charge in [-0.1, -0.05) is 45.4 Å². The van der Waals surface area contributed by atoms with Crippen LogP contribution in [0.25, 0.3) is 0 Å². The Morgan fingerprint density at radius 2 is 1.80 bits per heavy atom. The lowest BCUT2D eigenvalue weighted by molar-refractivity contribution is -0.141. The van der Waals surface area contributed by atoms with Gasteiger partial charge in [-0.2, -0.15) is 0 Å². The van der Waals surface area contributed by atoms with Crippen molar-refractivity contribution in [1.29, 1.82) is 0 Å². The van der Waals surface area contributed by atoms with Crippen molar-refractivity contribution in [2.45, 2.75) is 96.7 Å². The highest BCUT2D eigenvalue weighted by Gasteiger charge is 2.37. The molecule has 1 saturated heterocycles. The monoisotopic (exact) mass is 578 g/mol. The molecule has 2 aliphatic rings. The Bertz CT molecular complexity index is 1130. The highest BCUT2D eigenvalue weighted by Crippen LogP contribution is 2.28. The lowest BCUT2D eigenvalue weighted by Gasteiger charge is -2.29. The number of carbonyl (C=O) groups is 5. The molecule has 0 radical (unpaired) electrons. The van der Waals surface area contributed by atoms with Crippen molar-refractivity contribution in [3.05, 3.63) is 34.6 Å². The highest BCUT2D eigenvalue weighted by molar-refractivity contribution is 6.38. The second kappa shape index (κ2) is 13.6. The number of rotatable bonds is 13. The second-order valence-corrected chi connectivity index (χ2v) is 12.5. The van der Waals surface area contributed by atoms with Crippen molar-refractivity contribution in [3.8, 4) is 0 Å². The molecule has 4 atom stereocenters. The first kappa shape index (κ1) is 31.5. The van der Waals surface area contributed by atoms with Crippen LogP contribution in [0.4, 0.5) is 4.39 Å². The van der Waals surface area contributed by atoms with E-state index in [0.717, 1.165) is 12.8 Å². The van der Waals surface area contributed by atoms with Gasteiger partial charge in [-0.25, -0.2) is 4.39 Å². The van der Waals surface area contributed by atoms with Crippen molar-refractivity contribution in [3.63, 3.8) is 0 Å². The van der Waals surface area contributed by atoms with Gasteiger partial charge in [0.25, 0.3) is 5.91 Å². The smallest absolute Gasteiger partial charge is 0.289 e. The quantitative estimate of drug-likeness (QED) is 0.267. The Morgan fingerprint density at radius 3 is 2.35 bits per heavy atom. The van der Waals surface area contributed by atoms with E-state index in [0.29, 0.717) is 24.9 Å². The Labute approximate surface area is 239 Å². The van der Waals surface area contributed by atoms with Crippen molar-refractivity contribution < 1.29 is 28.4 Å². The summed E-state index contributed by atoms with van der Waals surface area (Å²) in [5.74, 6) is -4.36. The molecule has 3 rings (SSSR count). The SMILES string of the molecule is CCC(CC(=O)N[C@@H](CC(C)(C)C)C(=O)NC(CC1CCNC1=O)C(=O)C(=O)NC1CC1)c1ccc(Cl)cc1F. The topological polar surface area (TPSA) is 133 Å². The number of benzene rings is 1. The van der Waals surface area contributed by atoms with Crippen LogP contribution in [0.1, 0.15) is 84.1 Å². The minimum Gasteiger partial charge on any atom is -0.356 e. The van der Waals surface area contributed by atoms with Crippen LogP contribution in [0.15, 0.2) is 18.2 Å². The van der Waals surface area contributed by atoms with Gasteiger partial charge in [0.05, 0.1) is 6.04 Å². The summed E-state index contributed by atoms with van der Waals surface area (Å²) in [5.41, 5.74) is -0.0170. The molecule has 1 aliphatic heterocycles. The van der Waals surface area contributed by atoms with E-state index >= 15 is 0 Å². The van der Waals surface area contributed by atoms with Gasteiger partial charge in [0.1, 0.15) is 11.9 Å². The third-order valence-corrected chi connectivity index (χ3v) is 7.48. The van der Waals surface area contributed by atoms with E-state index in [-0.39, 0.29) is 41.6 Å². The Hall–Kier alpha value is -3.01. The zero-order valence-corrected chi connectivity index (χ0v) is 24.3. The average molecular weight is 579 g/mol. The third kappa shape index (κ3) is 9.28. The largest absolute Gasteiger partial charge is 0.356 e. The van der Waals surface area contributed by atoms with Gasteiger partial charge < -0.3 is 21.3 Å². The first-order valence-corrected chi connectivity index (χ1v) is 14.3. The maximum absolute atomic E-state index is 14.5. The van der Waals surface area contributed by atoms with Gasteiger partial charge >= 0.3 is 0 Å². The summed E-state index contributed by atoms with van der Waals surface area (Å²) in [5, 5.41) is 11.0. The number of ketones is 1. The van der Waals surface area contributed by atoms with Crippen LogP contribution in [-0.4, -0.2) is 54.1 Å². The average Bonchev–Trinajstić information content (AvgIpc) is 3.59. The summed E-state index contributed by atoms with van der Waals surface area (Å²) in [6, 6.07) is 2.05. The molecule has 9 nitrogen and oxygen atoms in total. The van der Waals surface area contributed by atoms with E-state index in [1.54, 1.807) is 12.1 Å². The van der Waals surface area contributed by atoms with Crippen LogP contribution < -0.4 is 21.3 Å². The molecule has 220 valence electrons. The van der Waals surface area contributed by atoms with Gasteiger partial charge in [-0.15, -0.1) is 0 Å². The highest BCUT2D eigenvalue weighted by atomic mass is 35.5. The van der Waals surface area contributed by atoms with Crippen LogP contribution in [0.2, 0.25) is 5.02 Å². The maximum atomic E-state index is 14.5. The summed E-state index contributed by atoms with van der Waals surface area (Å²) < 4.78 is 14.5. The Kier molecular flexibility index (Phi) is 10.7. The summed E-state index contributed by atoms with van der Waals surface area (Å²) in [6.07, 6.45) is 2.73. The number of Topliss-reactive ketones (excluding diaryl/α,β-unsaturated/α-hetero) is 1. The number of hydrogen-bond donors (Lipinski definition) is 4. The molecule has 4 N–H and O–H groups in total. The molecule has 1 heterocycles. The van der Waals surface area contributed by atoms with Crippen molar-refractivity contribution in [2.24, 2.45) is 11.3 Å². The molecule has 0 bridgehead atoms. The van der Waals surface area contributed by atoms with E-state index < -0.39 is 53.2 Å². The first-order chi connectivity index (χ1) is 18.8. The van der Waals surface area contributed by atoms with Crippen LogP contribution >= 0.6 is 11.6 Å². The summed E-state index contributed by atoms with van der Waals surface area (Å²) in [4.78, 5) is 64.5. The fourth-order valence-electron chi connectivity index (χ4n) is 4.91. The molecule has 4 amide bonds. The minimum absolute atomic E-state index is 0.0154. The molecule has 0 spiro atoms. The fourth-order valence-corrected chi connectivity index (χ4v) is 5.06. The van der Waals surface area contributed by atoms with E-state index in [1.165, 1.54) is 6.07 Å². The number of hydrogen-bond acceptors (Lipinski definition) is 5. The van der Waals surface area contributed by atoms with Crippen molar-refractivity contribution >= 4 is 41.0 Å². The molecule has 1 aliphatic carbocycles. The van der Waals surface area contributed by atoms with Gasteiger partial charge in [-0.05, 0) is 67.6 Å². The molecule has 1 saturated carbocycles. The predicted molar refractivity (Wildman–Crippen MR) is 149 cm³/mol. The number of carbonyl (C=O) groups excluding carboxylic acids is 5. The predicted octanol–water partition coefficient (Wildman–Crippen LogP) is 3.14. The molecular formula is C29H40ClFN4O5. The Morgan fingerprint density at radius 1 is 1.10 bits per heavy atom. The molecule has 40 heavy (non-hydrogen) atoms. The molecule has 2 fully saturated rings. The van der Waals surface area contributed by atoms with Crippen LogP contribution in [0.3, 0.4) is 0 Å². The van der Waals surface area contributed by atoms with Gasteiger partial charge in [0.15, 0.2) is 0 Å². The van der Waals surface area contributed by atoms with E-state index in [2.05, 4.69) is 21.3 Å². The number of amides is 4. The van der Waals surface area contributed by atoms with Crippen LogP contribution in [0, 0.1) is 17.2 Å². The minimum atomic E-state index is -1.22. The second-order valence-electron chi connectivity index (χ2n) is 12.0.